The second-order valence-electron chi connectivity index (χ2n) is 6.97. The third-order valence-corrected chi connectivity index (χ3v) is 5.94. The molecule has 2 aromatic rings. The molecule has 1 amide bonds. The molecule has 27 heavy (non-hydrogen) atoms. The molecule has 2 aromatic heterocycles. The molecule has 7 nitrogen and oxygen atoms in total. The Balaban J connectivity index is 1.63. The van der Waals surface area contributed by atoms with E-state index >= 15 is 0 Å². The predicted octanol–water partition coefficient (Wildman–Crippen LogP) is 2.04. The standard InChI is InChI=1S/C19H25N3O4S/c1-3-26-16(24)5-4-8-20-15(23)10-22-11-21-18-17(19(22)25)13-7-6-12(2)9-14(13)27-18/h11-12H,3-10H2,1-2H3,(H,20,23). The Morgan fingerprint density at radius 1 is 1.44 bits per heavy atom. The summed E-state index contributed by atoms with van der Waals surface area (Å²) in [6.45, 7) is 4.64. The first-order valence-electron chi connectivity index (χ1n) is 9.41. The fraction of sp³-hybridized carbons (Fsp3) is 0.579. The van der Waals surface area contributed by atoms with Gasteiger partial charge in [0.15, 0.2) is 0 Å². The van der Waals surface area contributed by atoms with Crippen LogP contribution in [0.4, 0.5) is 0 Å². The van der Waals surface area contributed by atoms with Crippen LogP contribution in [0.15, 0.2) is 11.1 Å². The lowest BCUT2D eigenvalue weighted by Gasteiger charge is -2.17. The van der Waals surface area contributed by atoms with Crippen molar-refractivity contribution in [3.05, 3.63) is 27.1 Å². The molecule has 0 bridgehead atoms. The van der Waals surface area contributed by atoms with Crippen LogP contribution < -0.4 is 10.9 Å². The zero-order chi connectivity index (χ0) is 19.4. The molecule has 0 radical (unpaired) electrons. The number of esters is 1. The molecule has 1 aliphatic rings. The summed E-state index contributed by atoms with van der Waals surface area (Å²) in [4.78, 5) is 42.7. The van der Waals surface area contributed by atoms with Crippen molar-refractivity contribution < 1.29 is 14.3 Å². The molecule has 0 fully saturated rings. The minimum Gasteiger partial charge on any atom is -0.466 e. The number of aryl methyl sites for hydroxylation is 1. The zero-order valence-electron chi connectivity index (χ0n) is 15.7. The van der Waals surface area contributed by atoms with E-state index in [2.05, 4.69) is 17.2 Å². The van der Waals surface area contributed by atoms with Gasteiger partial charge in [-0.15, -0.1) is 11.3 Å². The van der Waals surface area contributed by atoms with Crippen molar-refractivity contribution in [1.29, 1.82) is 0 Å². The van der Waals surface area contributed by atoms with Gasteiger partial charge in [-0.05, 0) is 44.1 Å². The number of nitrogens with one attached hydrogen (secondary N) is 1. The summed E-state index contributed by atoms with van der Waals surface area (Å²) in [6, 6.07) is 0. The minimum atomic E-state index is -0.269. The van der Waals surface area contributed by atoms with Crippen LogP contribution in [0, 0.1) is 5.92 Å². The van der Waals surface area contributed by atoms with Crippen molar-refractivity contribution in [2.75, 3.05) is 13.2 Å². The van der Waals surface area contributed by atoms with E-state index in [-0.39, 0.29) is 30.4 Å². The van der Waals surface area contributed by atoms with Crippen molar-refractivity contribution in [2.45, 2.75) is 52.5 Å². The lowest BCUT2D eigenvalue weighted by molar-refractivity contribution is -0.143. The first-order chi connectivity index (χ1) is 13.0. The predicted molar refractivity (Wildman–Crippen MR) is 104 cm³/mol. The van der Waals surface area contributed by atoms with Crippen LogP contribution in [-0.2, 0) is 33.7 Å². The van der Waals surface area contributed by atoms with E-state index in [0.29, 0.717) is 30.9 Å². The molecule has 0 aliphatic heterocycles. The van der Waals surface area contributed by atoms with Crippen molar-refractivity contribution in [2.24, 2.45) is 5.92 Å². The van der Waals surface area contributed by atoms with Gasteiger partial charge in [0.05, 0.1) is 18.3 Å². The van der Waals surface area contributed by atoms with Gasteiger partial charge in [-0.3, -0.25) is 19.0 Å². The highest BCUT2D eigenvalue weighted by molar-refractivity contribution is 7.18. The first-order valence-corrected chi connectivity index (χ1v) is 10.2. The Bertz CT molecular complexity index is 902. The molecule has 1 aliphatic carbocycles. The van der Waals surface area contributed by atoms with Crippen molar-refractivity contribution in [1.82, 2.24) is 14.9 Å². The Hall–Kier alpha value is -2.22. The van der Waals surface area contributed by atoms with Gasteiger partial charge in [0.1, 0.15) is 11.4 Å². The van der Waals surface area contributed by atoms with Crippen molar-refractivity contribution >= 4 is 33.4 Å². The van der Waals surface area contributed by atoms with Crippen LogP contribution in [0.5, 0.6) is 0 Å². The third kappa shape index (κ3) is 4.55. The van der Waals surface area contributed by atoms with Crippen molar-refractivity contribution in [3.8, 4) is 0 Å². The maximum absolute atomic E-state index is 12.9. The number of carbonyl (C=O) groups excluding carboxylic acids is 2. The van der Waals surface area contributed by atoms with E-state index in [9.17, 15) is 14.4 Å². The van der Waals surface area contributed by atoms with Gasteiger partial charge in [-0.1, -0.05) is 6.92 Å². The van der Waals surface area contributed by atoms with Crippen molar-refractivity contribution in [3.63, 3.8) is 0 Å². The maximum Gasteiger partial charge on any atom is 0.305 e. The quantitative estimate of drug-likeness (QED) is 0.576. The number of rotatable bonds is 7. The summed E-state index contributed by atoms with van der Waals surface area (Å²) in [5, 5.41) is 3.41. The highest BCUT2D eigenvalue weighted by Crippen LogP contribution is 2.35. The molecule has 1 atom stereocenters. The topological polar surface area (TPSA) is 90.3 Å². The monoisotopic (exact) mass is 391 g/mol. The van der Waals surface area contributed by atoms with Gasteiger partial charge in [0, 0.05) is 17.8 Å². The van der Waals surface area contributed by atoms with Gasteiger partial charge in [0.2, 0.25) is 5.91 Å². The number of hydrogen-bond donors (Lipinski definition) is 1. The Labute approximate surface area is 161 Å². The van der Waals surface area contributed by atoms with Gasteiger partial charge in [0.25, 0.3) is 5.56 Å². The van der Waals surface area contributed by atoms with Crippen LogP contribution in [0.2, 0.25) is 0 Å². The highest BCUT2D eigenvalue weighted by Gasteiger charge is 2.23. The molecule has 0 spiro atoms. The molecule has 8 heteroatoms. The van der Waals surface area contributed by atoms with E-state index in [1.165, 1.54) is 15.8 Å². The van der Waals surface area contributed by atoms with Crippen LogP contribution in [-0.4, -0.2) is 34.6 Å². The smallest absolute Gasteiger partial charge is 0.305 e. The Morgan fingerprint density at radius 2 is 2.26 bits per heavy atom. The number of fused-ring (bicyclic) bond motifs is 3. The summed E-state index contributed by atoms with van der Waals surface area (Å²) in [7, 11) is 0. The Morgan fingerprint density at radius 3 is 3.04 bits per heavy atom. The molecule has 1 N–H and O–H groups in total. The lowest BCUT2D eigenvalue weighted by Crippen LogP contribution is -2.33. The number of nitrogens with zero attached hydrogens (tertiary/aromatic N) is 2. The second-order valence-corrected chi connectivity index (χ2v) is 8.05. The number of amides is 1. The largest absolute Gasteiger partial charge is 0.466 e. The molecule has 0 saturated carbocycles. The van der Waals surface area contributed by atoms with E-state index < -0.39 is 0 Å². The number of hydrogen-bond acceptors (Lipinski definition) is 6. The molecular formula is C19H25N3O4S. The van der Waals surface area contributed by atoms with E-state index in [1.807, 2.05) is 0 Å². The maximum atomic E-state index is 12.9. The van der Waals surface area contributed by atoms with Gasteiger partial charge in [-0.2, -0.15) is 0 Å². The summed E-state index contributed by atoms with van der Waals surface area (Å²) >= 11 is 1.60. The summed E-state index contributed by atoms with van der Waals surface area (Å²) in [5.41, 5.74) is 0.975. The second kappa shape index (κ2) is 8.65. The average Bonchev–Trinajstić information content (AvgIpc) is 2.99. The molecule has 0 aromatic carbocycles. The van der Waals surface area contributed by atoms with E-state index in [1.54, 1.807) is 18.3 Å². The molecule has 0 saturated heterocycles. The molecule has 146 valence electrons. The highest BCUT2D eigenvalue weighted by atomic mass is 32.1. The molecular weight excluding hydrogens is 366 g/mol. The first kappa shape index (κ1) is 19.5. The van der Waals surface area contributed by atoms with Crippen LogP contribution in [0.1, 0.15) is 43.6 Å². The molecule has 3 rings (SSSR count). The molecule has 1 unspecified atom stereocenters. The van der Waals surface area contributed by atoms with E-state index in [0.717, 1.165) is 29.7 Å². The summed E-state index contributed by atoms with van der Waals surface area (Å²) in [5.74, 6) is 0.0992. The molecule has 2 heterocycles. The van der Waals surface area contributed by atoms with Crippen LogP contribution in [0.25, 0.3) is 10.2 Å². The average molecular weight is 391 g/mol. The lowest BCUT2D eigenvalue weighted by atomic mass is 9.89. The number of aromatic nitrogens is 2. The zero-order valence-corrected chi connectivity index (χ0v) is 16.6. The number of ether oxygens (including phenoxy) is 1. The minimum absolute atomic E-state index is 0.0673. The van der Waals surface area contributed by atoms with Gasteiger partial charge in [-0.25, -0.2) is 4.98 Å². The number of thiophene rings is 1. The SMILES string of the molecule is CCOC(=O)CCCNC(=O)Cn1cnc2sc3c(c2c1=O)CCC(C)C3. The van der Waals surface area contributed by atoms with Gasteiger partial charge >= 0.3 is 5.97 Å². The van der Waals surface area contributed by atoms with Crippen LogP contribution in [0.3, 0.4) is 0 Å². The van der Waals surface area contributed by atoms with Gasteiger partial charge < -0.3 is 10.1 Å². The van der Waals surface area contributed by atoms with E-state index in [4.69, 9.17) is 4.74 Å². The fourth-order valence-electron chi connectivity index (χ4n) is 3.38. The Kier molecular flexibility index (Phi) is 6.26. The van der Waals surface area contributed by atoms with Crippen LogP contribution >= 0.6 is 11.3 Å². The normalized spacial score (nSPS) is 16.1. The number of carbonyl (C=O) groups is 2. The third-order valence-electron chi connectivity index (χ3n) is 4.78. The fourth-order valence-corrected chi connectivity index (χ4v) is 4.72. The summed E-state index contributed by atoms with van der Waals surface area (Å²) in [6.07, 6.45) is 5.20. The summed E-state index contributed by atoms with van der Waals surface area (Å²) < 4.78 is 6.21.